The number of hydrogen-bond donors (Lipinski definition) is 2. The molecule has 8 nitrogen and oxygen atoms in total. The van der Waals surface area contributed by atoms with Gasteiger partial charge in [-0.3, -0.25) is 4.90 Å². The first-order valence-corrected chi connectivity index (χ1v) is 11.4. The van der Waals surface area contributed by atoms with Crippen molar-refractivity contribution in [2.24, 2.45) is 0 Å². The highest BCUT2D eigenvalue weighted by Gasteiger charge is 2.32. The molecular weight excluding hydrogens is 506 g/mol. The Morgan fingerprint density at radius 3 is 2.64 bits per heavy atom. The Balaban J connectivity index is 1.46. The van der Waals surface area contributed by atoms with Crippen molar-refractivity contribution < 1.29 is 31.9 Å². The van der Waals surface area contributed by atoms with Gasteiger partial charge in [-0.25, -0.2) is 13.6 Å². The van der Waals surface area contributed by atoms with Gasteiger partial charge in [0, 0.05) is 43.9 Å². The van der Waals surface area contributed by atoms with Crippen LogP contribution in [-0.2, 0) is 6.54 Å². The number of aliphatic hydroxyl groups is 1. The molecule has 2 N–H and O–H groups in total. The summed E-state index contributed by atoms with van der Waals surface area (Å²) in [6, 6.07) is 7.15. The standard InChI is InChI=1S/C23H22ClF4N5O3/c24-16-9-13(3-4-17(16)25)19-12-32(7-8-34)5-6-33(19)23(35)29-11-15-2-1-14(10-18(15)26)21-30-31-22(36-21)20(27)28/h1-4,9-10,19-20,34H,5-8,11-12H2,(H,29,35). The number of aliphatic hydroxyl groups excluding tert-OH is 1. The lowest BCUT2D eigenvalue weighted by molar-refractivity contribution is 0.0816. The van der Waals surface area contributed by atoms with E-state index < -0.39 is 36.0 Å². The van der Waals surface area contributed by atoms with Gasteiger partial charge in [-0.1, -0.05) is 23.7 Å². The first kappa shape index (κ1) is 25.9. The van der Waals surface area contributed by atoms with E-state index in [-0.39, 0.29) is 35.2 Å². The van der Waals surface area contributed by atoms with Gasteiger partial charge in [-0.2, -0.15) is 8.78 Å². The topological polar surface area (TPSA) is 94.7 Å². The minimum Gasteiger partial charge on any atom is -0.415 e. The van der Waals surface area contributed by atoms with Crippen molar-refractivity contribution in [2.45, 2.75) is 19.0 Å². The van der Waals surface area contributed by atoms with E-state index in [1.165, 1.54) is 24.3 Å². The van der Waals surface area contributed by atoms with Gasteiger partial charge in [-0.15, -0.1) is 10.2 Å². The molecular formula is C23H22ClF4N5O3. The Morgan fingerprint density at radius 1 is 1.17 bits per heavy atom. The fourth-order valence-electron chi connectivity index (χ4n) is 3.97. The normalized spacial score (nSPS) is 16.5. The summed E-state index contributed by atoms with van der Waals surface area (Å²) in [5, 5.41) is 18.6. The van der Waals surface area contributed by atoms with Gasteiger partial charge in [0.25, 0.3) is 5.89 Å². The second-order valence-corrected chi connectivity index (χ2v) is 8.53. The summed E-state index contributed by atoms with van der Waals surface area (Å²) in [4.78, 5) is 16.6. The largest absolute Gasteiger partial charge is 0.415 e. The van der Waals surface area contributed by atoms with Crippen molar-refractivity contribution >= 4 is 17.6 Å². The first-order chi connectivity index (χ1) is 17.3. The number of alkyl halides is 2. The van der Waals surface area contributed by atoms with Crippen molar-refractivity contribution in [1.29, 1.82) is 0 Å². The number of β-amino-alcohol motifs (C(OH)–C–C–N with tert-alkyl or cyclic N) is 1. The zero-order chi connectivity index (χ0) is 25.8. The highest BCUT2D eigenvalue weighted by atomic mass is 35.5. The maximum atomic E-state index is 14.7. The van der Waals surface area contributed by atoms with E-state index in [0.717, 1.165) is 6.07 Å². The van der Waals surface area contributed by atoms with Crippen LogP contribution in [0.4, 0.5) is 22.4 Å². The van der Waals surface area contributed by atoms with Crippen LogP contribution in [0.1, 0.15) is 29.5 Å². The van der Waals surface area contributed by atoms with Gasteiger partial charge in [0.05, 0.1) is 17.7 Å². The van der Waals surface area contributed by atoms with Crippen molar-refractivity contribution in [1.82, 2.24) is 25.3 Å². The number of benzene rings is 2. The van der Waals surface area contributed by atoms with Gasteiger partial charge in [0.1, 0.15) is 11.6 Å². The Bertz CT molecular complexity index is 1230. The maximum absolute atomic E-state index is 14.7. The number of carbonyl (C=O) groups excluding carboxylic acids is 1. The number of nitrogens with one attached hydrogen (secondary N) is 1. The molecule has 1 saturated heterocycles. The quantitative estimate of drug-likeness (QED) is 0.448. The molecule has 0 aliphatic carbocycles. The molecule has 13 heteroatoms. The van der Waals surface area contributed by atoms with Crippen LogP contribution in [0.2, 0.25) is 5.02 Å². The van der Waals surface area contributed by atoms with E-state index in [2.05, 4.69) is 15.5 Å². The van der Waals surface area contributed by atoms with Crippen LogP contribution in [0, 0.1) is 11.6 Å². The van der Waals surface area contributed by atoms with Crippen molar-refractivity contribution in [3.63, 3.8) is 0 Å². The molecule has 36 heavy (non-hydrogen) atoms. The monoisotopic (exact) mass is 527 g/mol. The van der Waals surface area contributed by atoms with Gasteiger partial charge < -0.3 is 19.7 Å². The lowest BCUT2D eigenvalue weighted by Gasteiger charge is -2.41. The molecule has 1 unspecified atom stereocenters. The van der Waals surface area contributed by atoms with Crippen molar-refractivity contribution in [3.05, 3.63) is 70.1 Å². The van der Waals surface area contributed by atoms with Gasteiger partial charge in [0.15, 0.2) is 0 Å². The number of nitrogens with zero attached hydrogens (tertiary/aromatic N) is 4. The fourth-order valence-corrected chi connectivity index (χ4v) is 4.16. The van der Waals surface area contributed by atoms with E-state index in [4.69, 9.17) is 16.0 Å². The maximum Gasteiger partial charge on any atom is 0.318 e. The highest BCUT2D eigenvalue weighted by Crippen LogP contribution is 2.29. The number of carbonyl (C=O) groups is 1. The Hall–Kier alpha value is -3.22. The van der Waals surface area contributed by atoms with Gasteiger partial charge in [0.2, 0.25) is 5.89 Å². The molecule has 0 saturated carbocycles. The zero-order valence-electron chi connectivity index (χ0n) is 18.8. The molecule has 3 aromatic rings. The second-order valence-electron chi connectivity index (χ2n) is 8.12. The van der Waals surface area contributed by atoms with Gasteiger partial charge >= 0.3 is 12.5 Å². The molecule has 2 amide bonds. The molecule has 4 rings (SSSR count). The summed E-state index contributed by atoms with van der Waals surface area (Å²) < 4.78 is 58.5. The summed E-state index contributed by atoms with van der Waals surface area (Å²) in [7, 11) is 0. The Kier molecular flexibility index (Phi) is 8.07. The number of amides is 2. The minimum absolute atomic E-state index is 0.0502. The minimum atomic E-state index is -2.94. The first-order valence-electron chi connectivity index (χ1n) is 11.0. The fraction of sp³-hybridized carbons (Fsp3) is 0.348. The summed E-state index contributed by atoms with van der Waals surface area (Å²) in [5.74, 6) is -2.39. The average molecular weight is 528 g/mol. The SMILES string of the molecule is O=C(NCc1ccc(-c2nnc(C(F)F)o2)cc1F)N1CCN(CCO)CC1c1ccc(F)c(Cl)c1. The molecule has 1 aliphatic heterocycles. The van der Waals surface area contributed by atoms with Crippen molar-refractivity contribution in [2.75, 3.05) is 32.8 Å². The number of halogens is 5. The molecule has 2 aromatic carbocycles. The van der Waals surface area contributed by atoms with E-state index in [1.54, 1.807) is 11.0 Å². The molecule has 0 spiro atoms. The molecule has 1 aromatic heterocycles. The number of aromatic nitrogens is 2. The van der Waals surface area contributed by atoms with E-state index in [9.17, 15) is 27.5 Å². The Labute approximate surface area is 208 Å². The molecule has 192 valence electrons. The number of rotatable bonds is 7. The third kappa shape index (κ3) is 5.77. The second kappa shape index (κ2) is 11.2. The summed E-state index contributed by atoms with van der Waals surface area (Å²) in [5.41, 5.74) is 0.897. The lowest BCUT2D eigenvalue weighted by atomic mass is 10.0. The van der Waals surface area contributed by atoms with E-state index in [0.29, 0.717) is 31.7 Å². The lowest BCUT2D eigenvalue weighted by Crippen LogP contribution is -2.53. The number of hydrogen-bond acceptors (Lipinski definition) is 6. The van der Waals surface area contributed by atoms with E-state index in [1.807, 2.05) is 4.90 Å². The van der Waals surface area contributed by atoms with Crippen LogP contribution in [0.5, 0.6) is 0 Å². The molecule has 2 heterocycles. The molecule has 1 atom stereocenters. The molecule has 1 aliphatic rings. The van der Waals surface area contributed by atoms with Crippen molar-refractivity contribution in [3.8, 4) is 11.5 Å². The molecule has 0 radical (unpaired) electrons. The van der Waals surface area contributed by atoms with Crippen LogP contribution >= 0.6 is 11.6 Å². The van der Waals surface area contributed by atoms with Crippen LogP contribution in [0.3, 0.4) is 0 Å². The van der Waals surface area contributed by atoms with Crippen LogP contribution in [0.15, 0.2) is 40.8 Å². The molecule has 1 fully saturated rings. The number of piperazine rings is 1. The zero-order valence-corrected chi connectivity index (χ0v) is 19.6. The number of urea groups is 1. The highest BCUT2D eigenvalue weighted by molar-refractivity contribution is 6.30. The third-order valence-electron chi connectivity index (χ3n) is 5.83. The summed E-state index contributed by atoms with van der Waals surface area (Å²) in [6.07, 6.45) is -2.94. The van der Waals surface area contributed by atoms with Crippen LogP contribution in [0.25, 0.3) is 11.5 Å². The average Bonchev–Trinajstić information content (AvgIpc) is 3.36. The predicted octanol–water partition coefficient (Wildman–Crippen LogP) is 4.17. The summed E-state index contributed by atoms with van der Waals surface area (Å²) in [6.45, 7) is 1.43. The third-order valence-corrected chi connectivity index (χ3v) is 6.12. The predicted molar refractivity (Wildman–Crippen MR) is 121 cm³/mol. The van der Waals surface area contributed by atoms with E-state index >= 15 is 0 Å². The smallest absolute Gasteiger partial charge is 0.318 e. The summed E-state index contributed by atoms with van der Waals surface area (Å²) >= 11 is 5.95. The van der Waals surface area contributed by atoms with Crippen LogP contribution in [-0.4, -0.2) is 63.9 Å². The van der Waals surface area contributed by atoms with Crippen LogP contribution < -0.4 is 5.32 Å². The Morgan fingerprint density at radius 2 is 1.97 bits per heavy atom. The van der Waals surface area contributed by atoms with Gasteiger partial charge in [-0.05, 0) is 29.8 Å². The molecule has 0 bridgehead atoms.